The zero-order valence-electron chi connectivity index (χ0n) is 13.9. The van der Waals surface area contributed by atoms with E-state index in [1.165, 1.54) is 22.2 Å². The summed E-state index contributed by atoms with van der Waals surface area (Å²) < 4.78 is 2.14. The quantitative estimate of drug-likeness (QED) is 0.720. The third kappa shape index (κ3) is 2.61. The van der Waals surface area contributed by atoms with E-state index in [9.17, 15) is 4.79 Å². The topological polar surface area (TPSA) is 41.4 Å². The predicted molar refractivity (Wildman–Crippen MR) is 97.4 cm³/mol. The summed E-state index contributed by atoms with van der Waals surface area (Å²) in [5, 5.41) is 3.97. The summed E-state index contributed by atoms with van der Waals surface area (Å²) in [6.07, 6.45) is 0. The van der Waals surface area contributed by atoms with Gasteiger partial charge < -0.3 is 14.4 Å². The number of hydrogen-bond acceptors (Lipinski definition) is 4. The number of thiazole rings is 1. The first-order chi connectivity index (χ1) is 11.6. The van der Waals surface area contributed by atoms with Gasteiger partial charge in [0.25, 0.3) is 5.91 Å². The molecule has 2 aromatic heterocycles. The number of aryl methyl sites for hydroxylation is 1. The second-order valence-electron chi connectivity index (χ2n) is 6.28. The van der Waals surface area contributed by atoms with E-state index in [-0.39, 0.29) is 5.91 Å². The third-order valence-electron chi connectivity index (χ3n) is 4.68. The van der Waals surface area contributed by atoms with Gasteiger partial charge in [-0.1, -0.05) is 18.2 Å². The molecule has 6 heteroatoms. The molecule has 1 aromatic carbocycles. The second kappa shape index (κ2) is 6.03. The SMILES string of the molecule is CN1CCN(C(=O)c2csc(-c3cc4ccccc4n3C)n2)CC1. The first-order valence-corrected chi connectivity index (χ1v) is 8.99. The number of carbonyl (C=O) groups is 1. The van der Waals surface area contributed by atoms with E-state index in [4.69, 9.17) is 0 Å². The van der Waals surface area contributed by atoms with Crippen molar-refractivity contribution in [3.8, 4) is 10.7 Å². The molecule has 0 atom stereocenters. The zero-order chi connectivity index (χ0) is 16.7. The molecule has 0 N–H and O–H groups in total. The summed E-state index contributed by atoms with van der Waals surface area (Å²) in [7, 11) is 4.13. The van der Waals surface area contributed by atoms with Gasteiger partial charge in [-0.2, -0.15) is 0 Å². The largest absolute Gasteiger partial charge is 0.342 e. The number of rotatable bonds is 2. The Bertz CT molecular complexity index is 889. The number of amides is 1. The highest BCUT2D eigenvalue weighted by Crippen LogP contribution is 2.29. The van der Waals surface area contributed by atoms with E-state index in [0.717, 1.165) is 36.9 Å². The monoisotopic (exact) mass is 340 g/mol. The molecular weight excluding hydrogens is 320 g/mol. The Kier molecular flexibility index (Phi) is 3.86. The van der Waals surface area contributed by atoms with E-state index in [1.807, 2.05) is 29.5 Å². The number of hydrogen-bond donors (Lipinski definition) is 0. The van der Waals surface area contributed by atoms with Crippen molar-refractivity contribution in [3.63, 3.8) is 0 Å². The molecule has 0 radical (unpaired) electrons. The highest BCUT2D eigenvalue weighted by atomic mass is 32.1. The van der Waals surface area contributed by atoms with Crippen LogP contribution in [0.5, 0.6) is 0 Å². The van der Waals surface area contributed by atoms with Crippen LogP contribution in [0.2, 0.25) is 0 Å². The predicted octanol–water partition coefficient (Wildman–Crippen LogP) is 2.69. The number of carbonyl (C=O) groups excluding carboxylic acids is 1. The van der Waals surface area contributed by atoms with E-state index in [2.05, 4.69) is 39.7 Å². The van der Waals surface area contributed by atoms with Gasteiger partial charge >= 0.3 is 0 Å². The van der Waals surface area contributed by atoms with Crippen molar-refractivity contribution in [1.29, 1.82) is 0 Å². The van der Waals surface area contributed by atoms with Crippen LogP contribution >= 0.6 is 11.3 Å². The Morgan fingerprint density at radius 1 is 1.12 bits per heavy atom. The number of fused-ring (bicyclic) bond motifs is 1. The Balaban J connectivity index is 1.62. The van der Waals surface area contributed by atoms with Gasteiger partial charge in [-0.15, -0.1) is 11.3 Å². The van der Waals surface area contributed by atoms with Crippen molar-refractivity contribution < 1.29 is 4.79 Å². The second-order valence-corrected chi connectivity index (χ2v) is 7.14. The van der Waals surface area contributed by atoms with Crippen LogP contribution in [0.15, 0.2) is 35.7 Å². The lowest BCUT2D eigenvalue weighted by atomic mass is 10.2. The molecule has 0 spiro atoms. The first kappa shape index (κ1) is 15.4. The zero-order valence-corrected chi connectivity index (χ0v) is 14.7. The van der Waals surface area contributed by atoms with Crippen LogP contribution in [-0.4, -0.2) is 58.5 Å². The van der Waals surface area contributed by atoms with E-state index < -0.39 is 0 Å². The summed E-state index contributed by atoms with van der Waals surface area (Å²) in [5.41, 5.74) is 2.79. The molecule has 0 aliphatic carbocycles. The fourth-order valence-corrected chi connectivity index (χ4v) is 4.00. The summed E-state index contributed by atoms with van der Waals surface area (Å²) >= 11 is 1.54. The minimum atomic E-state index is 0.0457. The lowest BCUT2D eigenvalue weighted by Crippen LogP contribution is -2.47. The Morgan fingerprint density at radius 2 is 1.88 bits per heavy atom. The number of piperazine rings is 1. The molecule has 1 fully saturated rings. The summed E-state index contributed by atoms with van der Waals surface area (Å²) in [6, 6.07) is 10.4. The van der Waals surface area contributed by atoms with Crippen molar-refractivity contribution in [2.24, 2.45) is 7.05 Å². The van der Waals surface area contributed by atoms with Crippen molar-refractivity contribution in [3.05, 3.63) is 41.4 Å². The molecule has 3 heterocycles. The molecule has 4 rings (SSSR count). The van der Waals surface area contributed by atoms with Crippen LogP contribution in [0.3, 0.4) is 0 Å². The number of aromatic nitrogens is 2. The highest BCUT2D eigenvalue weighted by Gasteiger charge is 2.23. The maximum absolute atomic E-state index is 12.7. The maximum atomic E-state index is 12.7. The van der Waals surface area contributed by atoms with Crippen LogP contribution in [-0.2, 0) is 7.05 Å². The molecule has 0 bridgehead atoms. The average Bonchev–Trinajstić information content (AvgIpc) is 3.20. The van der Waals surface area contributed by atoms with Gasteiger partial charge in [0.2, 0.25) is 0 Å². The van der Waals surface area contributed by atoms with Gasteiger partial charge in [0.1, 0.15) is 10.7 Å². The number of nitrogens with zero attached hydrogens (tertiary/aromatic N) is 4. The molecular formula is C18H20N4OS. The number of likely N-dealkylation sites (N-methyl/N-ethyl adjacent to an activating group) is 1. The van der Waals surface area contributed by atoms with Gasteiger partial charge in [-0.05, 0) is 19.2 Å². The van der Waals surface area contributed by atoms with Gasteiger partial charge in [-0.25, -0.2) is 4.98 Å². The molecule has 1 amide bonds. The number of para-hydroxylation sites is 1. The molecule has 3 aromatic rings. The van der Waals surface area contributed by atoms with Crippen molar-refractivity contribution in [2.75, 3.05) is 33.2 Å². The van der Waals surface area contributed by atoms with Crippen LogP contribution in [0.4, 0.5) is 0 Å². The number of benzene rings is 1. The summed E-state index contributed by atoms with van der Waals surface area (Å²) in [5.74, 6) is 0.0457. The Labute approximate surface area is 145 Å². The highest BCUT2D eigenvalue weighted by molar-refractivity contribution is 7.13. The van der Waals surface area contributed by atoms with Crippen LogP contribution in [0.25, 0.3) is 21.6 Å². The maximum Gasteiger partial charge on any atom is 0.273 e. The van der Waals surface area contributed by atoms with E-state index in [1.54, 1.807) is 0 Å². The molecule has 0 unspecified atom stereocenters. The average molecular weight is 340 g/mol. The van der Waals surface area contributed by atoms with Crippen LogP contribution in [0, 0.1) is 0 Å². The smallest absolute Gasteiger partial charge is 0.273 e. The molecule has 124 valence electrons. The molecule has 1 aliphatic rings. The van der Waals surface area contributed by atoms with Gasteiger partial charge in [0.15, 0.2) is 0 Å². The minimum absolute atomic E-state index is 0.0457. The summed E-state index contributed by atoms with van der Waals surface area (Å²) in [4.78, 5) is 21.4. The van der Waals surface area contributed by atoms with E-state index in [0.29, 0.717) is 5.69 Å². The van der Waals surface area contributed by atoms with Crippen molar-refractivity contribution >= 4 is 28.1 Å². The minimum Gasteiger partial charge on any atom is -0.342 e. The normalized spacial score (nSPS) is 16.0. The standard InChI is InChI=1S/C18H20N4OS/c1-20-7-9-22(10-8-20)18(23)14-12-24-17(19-14)16-11-13-5-3-4-6-15(13)21(16)2/h3-6,11-12H,7-10H2,1-2H3. The molecule has 5 nitrogen and oxygen atoms in total. The van der Waals surface area contributed by atoms with Gasteiger partial charge in [0, 0.05) is 49.5 Å². The fourth-order valence-electron chi connectivity index (χ4n) is 3.16. The van der Waals surface area contributed by atoms with Gasteiger partial charge in [-0.3, -0.25) is 4.79 Å². The third-order valence-corrected chi connectivity index (χ3v) is 5.55. The molecule has 1 saturated heterocycles. The Morgan fingerprint density at radius 3 is 2.62 bits per heavy atom. The van der Waals surface area contributed by atoms with Crippen LogP contribution < -0.4 is 0 Å². The fraction of sp³-hybridized carbons (Fsp3) is 0.333. The first-order valence-electron chi connectivity index (χ1n) is 8.11. The molecule has 24 heavy (non-hydrogen) atoms. The van der Waals surface area contributed by atoms with Gasteiger partial charge in [0.05, 0.1) is 5.69 Å². The molecule has 1 aliphatic heterocycles. The Hall–Kier alpha value is -2.18. The van der Waals surface area contributed by atoms with Crippen molar-refractivity contribution in [1.82, 2.24) is 19.4 Å². The van der Waals surface area contributed by atoms with Crippen molar-refractivity contribution in [2.45, 2.75) is 0 Å². The lowest BCUT2D eigenvalue weighted by Gasteiger charge is -2.31. The van der Waals surface area contributed by atoms with E-state index >= 15 is 0 Å². The van der Waals surface area contributed by atoms with Crippen LogP contribution in [0.1, 0.15) is 10.5 Å². The lowest BCUT2D eigenvalue weighted by molar-refractivity contribution is 0.0659. The molecule has 0 saturated carbocycles. The summed E-state index contributed by atoms with van der Waals surface area (Å²) in [6.45, 7) is 3.39.